The van der Waals surface area contributed by atoms with Crippen LogP contribution in [0.4, 0.5) is 4.39 Å². The molecule has 7 nitrogen and oxygen atoms in total. The van der Waals surface area contributed by atoms with Crippen molar-refractivity contribution < 1.29 is 28.1 Å². The largest absolute Gasteiger partial charge is 0.379 e. The summed E-state index contributed by atoms with van der Waals surface area (Å²) in [5.41, 5.74) is 0. The van der Waals surface area contributed by atoms with Gasteiger partial charge < -0.3 is 29.6 Å². The number of alkyl halides is 1. The molecule has 0 saturated carbocycles. The molecule has 162 valence electrons. The van der Waals surface area contributed by atoms with Gasteiger partial charge in [0.15, 0.2) is 0 Å². The summed E-state index contributed by atoms with van der Waals surface area (Å²) in [6.45, 7) is 4.55. The van der Waals surface area contributed by atoms with Gasteiger partial charge in [-0.1, -0.05) is 0 Å². The fraction of sp³-hybridized carbons (Fsp3) is 0.947. The van der Waals surface area contributed by atoms with E-state index in [1.54, 1.807) is 7.05 Å². The van der Waals surface area contributed by atoms with Gasteiger partial charge in [-0.3, -0.25) is 4.79 Å². The zero-order valence-corrected chi connectivity index (χ0v) is 17.1. The number of rotatable bonds is 21. The molecule has 0 aromatic rings. The van der Waals surface area contributed by atoms with Crippen molar-refractivity contribution in [1.29, 1.82) is 0 Å². The number of hydrogen-bond donors (Lipinski definition) is 2. The minimum absolute atomic E-state index is 0.0728. The number of carbonyl (C=O) groups excluding carboxylic acids is 1. The SMILES string of the molecule is CNCC(F)COCCCCCOCCOCCCCCNC(=O)COC. The summed E-state index contributed by atoms with van der Waals surface area (Å²) in [7, 11) is 3.24. The van der Waals surface area contributed by atoms with Crippen LogP contribution in [0, 0.1) is 0 Å². The zero-order chi connectivity index (χ0) is 20.0. The van der Waals surface area contributed by atoms with Crippen molar-refractivity contribution in [3.63, 3.8) is 0 Å². The highest BCUT2D eigenvalue weighted by molar-refractivity contribution is 5.77. The van der Waals surface area contributed by atoms with E-state index < -0.39 is 6.17 Å². The van der Waals surface area contributed by atoms with E-state index in [4.69, 9.17) is 18.9 Å². The Balaban J connectivity index is 3.08. The van der Waals surface area contributed by atoms with Crippen molar-refractivity contribution in [2.24, 2.45) is 0 Å². The Morgan fingerprint density at radius 1 is 0.889 bits per heavy atom. The van der Waals surface area contributed by atoms with Gasteiger partial charge in [-0.2, -0.15) is 0 Å². The molecule has 8 heteroatoms. The Hall–Kier alpha value is -0.800. The minimum Gasteiger partial charge on any atom is -0.379 e. The number of unbranched alkanes of at least 4 members (excludes halogenated alkanes) is 4. The fourth-order valence-corrected chi connectivity index (χ4v) is 2.31. The number of nitrogens with one attached hydrogen (secondary N) is 2. The average Bonchev–Trinajstić information content (AvgIpc) is 2.64. The summed E-state index contributed by atoms with van der Waals surface area (Å²) in [5.74, 6) is -0.0728. The van der Waals surface area contributed by atoms with Gasteiger partial charge in [0.1, 0.15) is 12.8 Å². The van der Waals surface area contributed by atoms with E-state index in [-0.39, 0.29) is 19.1 Å². The molecule has 0 spiro atoms. The van der Waals surface area contributed by atoms with Crippen LogP contribution >= 0.6 is 0 Å². The van der Waals surface area contributed by atoms with Gasteiger partial charge in [0.05, 0.1) is 19.8 Å². The molecular weight excluding hydrogens is 355 g/mol. The Labute approximate surface area is 163 Å². The zero-order valence-electron chi connectivity index (χ0n) is 17.1. The normalized spacial score (nSPS) is 12.3. The van der Waals surface area contributed by atoms with Crippen molar-refractivity contribution in [2.45, 2.75) is 44.7 Å². The molecule has 0 bridgehead atoms. The predicted octanol–water partition coefficient (Wildman–Crippen LogP) is 1.70. The minimum atomic E-state index is -0.930. The molecule has 0 aliphatic heterocycles. The van der Waals surface area contributed by atoms with E-state index in [0.717, 1.165) is 51.7 Å². The summed E-state index contributed by atoms with van der Waals surface area (Å²) in [6.07, 6.45) is 4.94. The fourth-order valence-electron chi connectivity index (χ4n) is 2.31. The van der Waals surface area contributed by atoms with Crippen LogP contribution in [-0.2, 0) is 23.7 Å². The van der Waals surface area contributed by atoms with Crippen LogP contribution in [0.5, 0.6) is 0 Å². The molecule has 0 aromatic heterocycles. The molecule has 1 amide bonds. The molecule has 0 aliphatic carbocycles. The van der Waals surface area contributed by atoms with Gasteiger partial charge in [0, 0.05) is 40.0 Å². The van der Waals surface area contributed by atoms with Crippen molar-refractivity contribution in [2.75, 3.05) is 73.5 Å². The summed E-state index contributed by atoms with van der Waals surface area (Å²) in [4.78, 5) is 11.1. The molecule has 0 aliphatic rings. The van der Waals surface area contributed by atoms with Crippen LogP contribution in [0.25, 0.3) is 0 Å². The second-order valence-electron chi connectivity index (χ2n) is 6.36. The molecule has 1 atom stereocenters. The van der Waals surface area contributed by atoms with Crippen LogP contribution < -0.4 is 10.6 Å². The van der Waals surface area contributed by atoms with Gasteiger partial charge in [-0.15, -0.1) is 0 Å². The maximum Gasteiger partial charge on any atom is 0.245 e. The van der Waals surface area contributed by atoms with E-state index in [2.05, 4.69) is 10.6 Å². The third-order valence-corrected chi connectivity index (χ3v) is 3.74. The smallest absolute Gasteiger partial charge is 0.245 e. The monoisotopic (exact) mass is 394 g/mol. The summed E-state index contributed by atoms with van der Waals surface area (Å²) in [5, 5.41) is 5.57. The van der Waals surface area contributed by atoms with Gasteiger partial charge in [0.2, 0.25) is 5.91 Å². The van der Waals surface area contributed by atoms with Gasteiger partial charge in [-0.05, 0) is 45.6 Å². The number of ether oxygens (including phenoxy) is 4. The third-order valence-electron chi connectivity index (χ3n) is 3.74. The molecule has 0 radical (unpaired) electrons. The van der Waals surface area contributed by atoms with E-state index in [1.165, 1.54) is 7.11 Å². The second kappa shape index (κ2) is 21.5. The molecule has 0 fully saturated rings. The quantitative estimate of drug-likeness (QED) is 0.289. The van der Waals surface area contributed by atoms with Gasteiger partial charge in [-0.25, -0.2) is 4.39 Å². The van der Waals surface area contributed by atoms with Crippen molar-refractivity contribution in [1.82, 2.24) is 10.6 Å². The predicted molar refractivity (Wildman–Crippen MR) is 104 cm³/mol. The lowest BCUT2D eigenvalue weighted by molar-refractivity contribution is -0.124. The van der Waals surface area contributed by atoms with E-state index >= 15 is 0 Å². The summed E-state index contributed by atoms with van der Waals surface area (Å²) >= 11 is 0. The highest BCUT2D eigenvalue weighted by Gasteiger charge is 2.04. The van der Waals surface area contributed by atoms with Crippen molar-refractivity contribution in [3.8, 4) is 0 Å². The van der Waals surface area contributed by atoms with Crippen LogP contribution in [-0.4, -0.2) is 85.6 Å². The first-order chi connectivity index (χ1) is 13.2. The van der Waals surface area contributed by atoms with Gasteiger partial charge >= 0.3 is 0 Å². The van der Waals surface area contributed by atoms with Crippen molar-refractivity contribution >= 4 is 5.91 Å². The molecule has 1 unspecified atom stereocenters. The average molecular weight is 395 g/mol. The van der Waals surface area contributed by atoms with E-state index in [1.807, 2.05) is 0 Å². The Bertz CT molecular complexity index is 324. The first-order valence-corrected chi connectivity index (χ1v) is 9.98. The lowest BCUT2D eigenvalue weighted by Gasteiger charge is -2.08. The van der Waals surface area contributed by atoms with Crippen LogP contribution in [0.3, 0.4) is 0 Å². The first-order valence-electron chi connectivity index (χ1n) is 9.98. The lowest BCUT2D eigenvalue weighted by atomic mass is 10.2. The molecule has 0 aromatic carbocycles. The highest BCUT2D eigenvalue weighted by atomic mass is 19.1. The third kappa shape index (κ3) is 21.4. The lowest BCUT2D eigenvalue weighted by Crippen LogP contribution is -2.27. The summed E-state index contributed by atoms with van der Waals surface area (Å²) in [6, 6.07) is 0. The maximum absolute atomic E-state index is 13.1. The Morgan fingerprint density at radius 2 is 1.48 bits per heavy atom. The molecule has 2 N–H and O–H groups in total. The Kier molecular flexibility index (Phi) is 20.9. The van der Waals surface area contributed by atoms with E-state index in [9.17, 15) is 9.18 Å². The van der Waals surface area contributed by atoms with Gasteiger partial charge in [0.25, 0.3) is 0 Å². The topological polar surface area (TPSA) is 78.0 Å². The van der Waals surface area contributed by atoms with Crippen molar-refractivity contribution in [3.05, 3.63) is 0 Å². The molecule has 27 heavy (non-hydrogen) atoms. The van der Waals surface area contributed by atoms with Crippen LogP contribution in [0.2, 0.25) is 0 Å². The second-order valence-corrected chi connectivity index (χ2v) is 6.36. The Morgan fingerprint density at radius 3 is 2.07 bits per heavy atom. The molecule has 0 rings (SSSR count). The molecule has 0 heterocycles. The summed E-state index contributed by atoms with van der Waals surface area (Å²) < 4.78 is 34.1. The molecular formula is C19H39FN2O5. The van der Waals surface area contributed by atoms with Crippen LogP contribution in [0.1, 0.15) is 38.5 Å². The number of amides is 1. The van der Waals surface area contributed by atoms with Crippen LogP contribution in [0.15, 0.2) is 0 Å². The maximum atomic E-state index is 13.1. The van der Waals surface area contributed by atoms with E-state index in [0.29, 0.717) is 32.9 Å². The number of hydrogen-bond acceptors (Lipinski definition) is 6. The standard InChI is InChI=1S/C19H39FN2O5/c1-21-15-18(20)16-27-12-8-4-7-11-26-14-13-25-10-6-3-5-9-22-19(23)17-24-2/h18,21H,3-17H2,1-2H3,(H,22,23). The molecule has 0 saturated heterocycles. The first kappa shape index (κ1) is 26.2. The number of carbonyl (C=O) groups is 1. The number of methoxy groups -OCH3 is 1. The highest BCUT2D eigenvalue weighted by Crippen LogP contribution is 1.99. The number of halogens is 1.